The molecule has 1 unspecified atom stereocenters. The number of carbonyl (C=O) groups excluding carboxylic acids is 1. The van der Waals surface area contributed by atoms with Gasteiger partial charge in [0.25, 0.3) is 0 Å². The Labute approximate surface area is 141 Å². The van der Waals surface area contributed by atoms with Gasteiger partial charge in [-0.05, 0) is 31.0 Å². The number of rotatable bonds is 7. The molecule has 2 heterocycles. The molecule has 0 aliphatic rings. The molecule has 0 bridgehead atoms. The van der Waals surface area contributed by atoms with Crippen molar-refractivity contribution in [3.8, 4) is 0 Å². The van der Waals surface area contributed by atoms with Crippen LogP contribution in [0.5, 0.6) is 0 Å². The Balaban J connectivity index is 2.33. The Hall–Kier alpha value is -1.95. The number of anilines is 1. The molecule has 2 aromatic heterocycles. The number of pyridine rings is 1. The summed E-state index contributed by atoms with van der Waals surface area (Å²) in [6.07, 6.45) is 6.37. The number of carbonyl (C=O) groups is 1. The van der Waals surface area contributed by atoms with Crippen LogP contribution in [0.25, 0.3) is 10.9 Å². The summed E-state index contributed by atoms with van der Waals surface area (Å²) < 4.78 is 0. The molecule has 2 rings (SSSR count). The summed E-state index contributed by atoms with van der Waals surface area (Å²) in [6.45, 7) is 6.24. The lowest BCUT2D eigenvalue weighted by atomic mass is 9.94. The van der Waals surface area contributed by atoms with Crippen molar-refractivity contribution < 1.29 is 4.79 Å². The summed E-state index contributed by atoms with van der Waals surface area (Å²) in [5.74, 6) is 0.607. The lowest BCUT2D eigenvalue weighted by Gasteiger charge is -2.32. The van der Waals surface area contributed by atoms with Gasteiger partial charge >= 0.3 is 0 Å². The van der Waals surface area contributed by atoms with Gasteiger partial charge in [-0.25, -0.2) is 9.97 Å². The van der Waals surface area contributed by atoms with Gasteiger partial charge in [0.05, 0.1) is 17.3 Å². The van der Waals surface area contributed by atoms with Gasteiger partial charge < -0.3 is 10.6 Å². The first-order valence-corrected chi connectivity index (χ1v) is 8.11. The number of hydrogen-bond donors (Lipinski definition) is 2. The van der Waals surface area contributed by atoms with E-state index in [1.807, 2.05) is 6.07 Å². The van der Waals surface area contributed by atoms with Crippen LogP contribution in [0.1, 0.15) is 40.0 Å². The molecule has 0 aliphatic heterocycles. The number of unbranched alkanes of at least 4 members (excludes halogenated alkanes) is 1. The number of nitrogens with zero attached hydrogens (tertiary/aromatic N) is 3. The molecule has 0 spiro atoms. The average molecular weight is 336 g/mol. The maximum atomic E-state index is 11.3. The summed E-state index contributed by atoms with van der Waals surface area (Å²) in [5.41, 5.74) is 0.364. The van der Waals surface area contributed by atoms with Crippen molar-refractivity contribution in [3.05, 3.63) is 23.7 Å². The van der Waals surface area contributed by atoms with Gasteiger partial charge in [-0.15, -0.1) is 0 Å². The van der Waals surface area contributed by atoms with Gasteiger partial charge in [-0.3, -0.25) is 9.78 Å². The number of fused-ring (bicyclic) bond motifs is 1. The number of nitrogens with one attached hydrogen (secondary N) is 2. The van der Waals surface area contributed by atoms with Crippen LogP contribution < -0.4 is 10.6 Å². The highest BCUT2D eigenvalue weighted by Crippen LogP contribution is 2.26. The van der Waals surface area contributed by atoms with Crippen LogP contribution in [-0.2, 0) is 4.79 Å². The third kappa shape index (κ3) is 4.76. The quantitative estimate of drug-likeness (QED) is 0.760. The first kappa shape index (κ1) is 17.4. The van der Waals surface area contributed by atoms with Gasteiger partial charge in [-0.2, -0.15) is 0 Å². The standard InChI is InChI=1S/C16H22ClN5O/c1-4-5-7-16(3,10-19-11(2)23)22-14-12-6-8-18-9-13(12)20-15(17)21-14/h6,8-9H,4-5,7,10H2,1-3H3,(H,19,23)(H,20,21,22). The fraction of sp³-hybridized carbons (Fsp3) is 0.500. The van der Waals surface area contributed by atoms with E-state index in [0.717, 1.165) is 24.6 Å². The molecule has 0 radical (unpaired) electrons. The molecule has 0 saturated heterocycles. The predicted molar refractivity (Wildman–Crippen MR) is 92.6 cm³/mol. The van der Waals surface area contributed by atoms with Crippen LogP contribution in [0, 0.1) is 0 Å². The number of amides is 1. The number of hydrogen-bond acceptors (Lipinski definition) is 5. The Kier molecular flexibility index (Phi) is 5.71. The molecule has 23 heavy (non-hydrogen) atoms. The van der Waals surface area contributed by atoms with Crippen LogP contribution in [0.4, 0.5) is 5.82 Å². The second-order valence-corrected chi connectivity index (χ2v) is 6.27. The van der Waals surface area contributed by atoms with Gasteiger partial charge in [0.2, 0.25) is 11.2 Å². The maximum Gasteiger partial charge on any atom is 0.224 e. The zero-order chi connectivity index (χ0) is 16.9. The van der Waals surface area contributed by atoms with Crippen LogP contribution >= 0.6 is 11.6 Å². The minimum absolute atomic E-state index is 0.0516. The van der Waals surface area contributed by atoms with E-state index >= 15 is 0 Å². The van der Waals surface area contributed by atoms with E-state index in [9.17, 15) is 4.79 Å². The zero-order valence-corrected chi connectivity index (χ0v) is 14.4. The lowest BCUT2D eigenvalue weighted by Crippen LogP contribution is -2.46. The number of aromatic nitrogens is 3. The molecular weight excluding hydrogens is 314 g/mol. The third-order valence-corrected chi connectivity index (χ3v) is 3.87. The molecule has 124 valence electrons. The summed E-state index contributed by atoms with van der Waals surface area (Å²) in [5, 5.41) is 7.37. The van der Waals surface area contributed by atoms with Crippen molar-refractivity contribution in [3.63, 3.8) is 0 Å². The van der Waals surface area contributed by atoms with Crippen molar-refractivity contribution in [1.29, 1.82) is 0 Å². The van der Waals surface area contributed by atoms with Crippen LogP contribution in [0.3, 0.4) is 0 Å². The van der Waals surface area contributed by atoms with Crippen LogP contribution in [-0.4, -0.2) is 32.9 Å². The second kappa shape index (κ2) is 7.55. The van der Waals surface area contributed by atoms with Gasteiger partial charge in [0, 0.05) is 25.1 Å². The van der Waals surface area contributed by atoms with E-state index in [2.05, 4.69) is 39.4 Å². The molecular formula is C16H22ClN5O. The van der Waals surface area contributed by atoms with E-state index < -0.39 is 0 Å². The molecule has 0 fully saturated rings. The fourth-order valence-electron chi connectivity index (χ4n) is 2.42. The molecule has 0 aromatic carbocycles. The predicted octanol–water partition coefficient (Wildman–Crippen LogP) is 3.18. The SMILES string of the molecule is CCCCC(C)(CNC(C)=O)Nc1nc(Cl)nc2cnccc12. The van der Waals surface area contributed by atoms with Crippen molar-refractivity contribution in [2.24, 2.45) is 0 Å². The third-order valence-electron chi connectivity index (χ3n) is 3.70. The van der Waals surface area contributed by atoms with Gasteiger partial charge in [0.1, 0.15) is 5.82 Å². The van der Waals surface area contributed by atoms with E-state index in [1.165, 1.54) is 6.92 Å². The largest absolute Gasteiger partial charge is 0.362 e. The van der Waals surface area contributed by atoms with Crippen LogP contribution in [0.2, 0.25) is 5.28 Å². The highest BCUT2D eigenvalue weighted by atomic mass is 35.5. The van der Waals surface area contributed by atoms with Crippen molar-refractivity contribution in [1.82, 2.24) is 20.3 Å². The summed E-state index contributed by atoms with van der Waals surface area (Å²) in [4.78, 5) is 23.9. The molecule has 0 saturated carbocycles. The van der Waals surface area contributed by atoms with Gasteiger partial charge in [-0.1, -0.05) is 19.8 Å². The number of halogens is 1. The van der Waals surface area contributed by atoms with Crippen LogP contribution in [0.15, 0.2) is 18.5 Å². The minimum atomic E-state index is -0.324. The molecule has 0 aliphatic carbocycles. The Morgan fingerprint density at radius 3 is 2.87 bits per heavy atom. The first-order valence-electron chi connectivity index (χ1n) is 7.73. The Morgan fingerprint density at radius 2 is 2.17 bits per heavy atom. The second-order valence-electron chi connectivity index (χ2n) is 5.93. The van der Waals surface area contributed by atoms with E-state index in [1.54, 1.807) is 12.4 Å². The summed E-state index contributed by atoms with van der Waals surface area (Å²) >= 11 is 6.02. The zero-order valence-electron chi connectivity index (χ0n) is 13.7. The fourth-order valence-corrected chi connectivity index (χ4v) is 2.59. The monoisotopic (exact) mass is 335 g/mol. The molecule has 1 amide bonds. The highest BCUT2D eigenvalue weighted by molar-refractivity contribution is 6.28. The average Bonchev–Trinajstić information content (AvgIpc) is 2.51. The van der Waals surface area contributed by atoms with Gasteiger partial charge in [0.15, 0.2) is 0 Å². The van der Waals surface area contributed by atoms with Crippen molar-refractivity contribution >= 4 is 34.2 Å². The summed E-state index contributed by atoms with van der Waals surface area (Å²) in [7, 11) is 0. The first-order chi connectivity index (χ1) is 10.9. The Morgan fingerprint density at radius 1 is 1.39 bits per heavy atom. The minimum Gasteiger partial charge on any atom is -0.362 e. The van der Waals surface area contributed by atoms with E-state index in [0.29, 0.717) is 17.9 Å². The van der Waals surface area contributed by atoms with E-state index in [4.69, 9.17) is 11.6 Å². The normalized spacial score (nSPS) is 13.6. The maximum absolute atomic E-state index is 11.3. The highest BCUT2D eigenvalue weighted by Gasteiger charge is 2.25. The van der Waals surface area contributed by atoms with Crippen molar-refractivity contribution in [2.75, 3.05) is 11.9 Å². The molecule has 2 N–H and O–H groups in total. The van der Waals surface area contributed by atoms with Crippen molar-refractivity contribution in [2.45, 2.75) is 45.6 Å². The molecule has 7 heteroatoms. The lowest BCUT2D eigenvalue weighted by molar-refractivity contribution is -0.119. The molecule has 2 aromatic rings. The topological polar surface area (TPSA) is 79.8 Å². The smallest absolute Gasteiger partial charge is 0.224 e. The molecule has 6 nitrogen and oxygen atoms in total. The Bertz CT molecular complexity index is 693. The van der Waals surface area contributed by atoms with E-state index in [-0.39, 0.29) is 16.7 Å². The summed E-state index contributed by atoms with van der Waals surface area (Å²) in [6, 6.07) is 1.85. The molecule has 1 atom stereocenters.